The molecular weight excluding hydrogens is 414 g/mol. The van der Waals surface area contributed by atoms with E-state index in [1.54, 1.807) is 42.3 Å². The summed E-state index contributed by atoms with van der Waals surface area (Å²) in [5.41, 5.74) is 0.174. The van der Waals surface area contributed by atoms with Crippen LogP contribution in [-0.4, -0.2) is 63.7 Å². The van der Waals surface area contributed by atoms with Crippen molar-refractivity contribution in [1.82, 2.24) is 4.90 Å². The summed E-state index contributed by atoms with van der Waals surface area (Å²) in [6.07, 6.45) is 1.30. The van der Waals surface area contributed by atoms with E-state index in [-0.39, 0.29) is 18.1 Å². The molecule has 1 saturated heterocycles. The third-order valence-electron chi connectivity index (χ3n) is 6.19. The molecule has 0 bridgehead atoms. The van der Waals surface area contributed by atoms with Crippen LogP contribution in [0.1, 0.15) is 40.0 Å². The summed E-state index contributed by atoms with van der Waals surface area (Å²) in [5.74, 6) is 2.19. The van der Waals surface area contributed by atoms with Crippen molar-refractivity contribution in [3.05, 3.63) is 41.5 Å². The molecule has 8 heteroatoms. The number of amides is 1. The van der Waals surface area contributed by atoms with Crippen molar-refractivity contribution < 1.29 is 33.3 Å². The van der Waals surface area contributed by atoms with Gasteiger partial charge in [0.05, 0.1) is 34.9 Å². The molecule has 2 aromatic carbocycles. The van der Waals surface area contributed by atoms with Gasteiger partial charge in [0.15, 0.2) is 5.78 Å². The Labute approximate surface area is 187 Å². The molecule has 0 atom stereocenters. The molecule has 0 aromatic heterocycles. The van der Waals surface area contributed by atoms with Crippen LogP contribution in [0.3, 0.4) is 0 Å². The highest BCUT2D eigenvalue weighted by Gasteiger charge is 2.45. The highest BCUT2D eigenvalue weighted by atomic mass is 16.5. The number of piperidine rings is 1. The Balaban J connectivity index is 1.56. The molecule has 4 rings (SSSR count). The highest BCUT2D eigenvalue weighted by Crippen LogP contribution is 2.45. The van der Waals surface area contributed by atoms with E-state index in [0.717, 1.165) is 0 Å². The number of hydrogen-bond donors (Lipinski definition) is 0. The van der Waals surface area contributed by atoms with Gasteiger partial charge >= 0.3 is 0 Å². The molecule has 2 aliphatic heterocycles. The molecule has 1 fully saturated rings. The number of methoxy groups -OCH3 is 4. The van der Waals surface area contributed by atoms with E-state index in [0.29, 0.717) is 65.8 Å². The van der Waals surface area contributed by atoms with Crippen LogP contribution in [-0.2, 0) is 0 Å². The zero-order valence-corrected chi connectivity index (χ0v) is 18.7. The number of Topliss-reactive ketones (excluding diaryl/α,β-unsaturated/α-hetero) is 1. The second kappa shape index (κ2) is 8.61. The van der Waals surface area contributed by atoms with Gasteiger partial charge in [0.2, 0.25) is 0 Å². The van der Waals surface area contributed by atoms with Crippen molar-refractivity contribution >= 4 is 11.7 Å². The average Bonchev–Trinajstić information content (AvgIpc) is 2.82. The van der Waals surface area contributed by atoms with Crippen molar-refractivity contribution in [2.24, 2.45) is 0 Å². The molecule has 0 saturated carbocycles. The van der Waals surface area contributed by atoms with Crippen LogP contribution in [0.5, 0.6) is 28.7 Å². The first kappa shape index (κ1) is 21.8. The maximum Gasteiger partial charge on any atom is 0.261 e. The van der Waals surface area contributed by atoms with Gasteiger partial charge in [0, 0.05) is 38.1 Å². The van der Waals surface area contributed by atoms with Gasteiger partial charge in [0.25, 0.3) is 5.91 Å². The number of hydrogen-bond acceptors (Lipinski definition) is 7. The molecule has 0 unspecified atom stereocenters. The first-order valence-corrected chi connectivity index (χ1v) is 10.4. The lowest BCUT2D eigenvalue weighted by Gasteiger charge is -2.44. The van der Waals surface area contributed by atoms with E-state index in [2.05, 4.69) is 0 Å². The van der Waals surface area contributed by atoms with Crippen LogP contribution in [0.4, 0.5) is 0 Å². The van der Waals surface area contributed by atoms with Gasteiger partial charge in [-0.1, -0.05) is 6.07 Å². The largest absolute Gasteiger partial charge is 0.496 e. The summed E-state index contributed by atoms with van der Waals surface area (Å²) in [6.45, 7) is 0.896. The number of ketones is 1. The summed E-state index contributed by atoms with van der Waals surface area (Å²) in [7, 11) is 6.12. The van der Waals surface area contributed by atoms with Crippen LogP contribution in [0.2, 0.25) is 0 Å². The number of fused-ring (bicyclic) bond motifs is 1. The molecular formula is C24H27NO7. The first-order valence-electron chi connectivity index (χ1n) is 10.4. The fourth-order valence-electron chi connectivity index (χ4n) is 4.47. The van der Waals surface area contributed by atoms with Crippen molar-refractivity contribution in [3.8, 4) is 28.7 Å². The summed E-state index contributed by atoms with van der Waals surface area (Å²) in [4.78, 5) is 28.1. The number of carbonyl (C=O) groups excluding carboxylic acids is 2. The third-order valence-corrected chi connectivity index (χ3v) is 6.19. The zero-order valence-electron chi connectivity index (χ0n) is 18.7. The Kier molecular flexibility index (Phi) is 5.86. The monoisotopic (exact) mass is 441 g/mol. The number of rotatable bonds is 5. The molecule has 1 amide bonds. The van der Waals surface area contributed by atoms with Crippen LogP contribution in [0.25, 0.3) is 0 Å². The van der Waals surface area contributed by atoms with E-state index in [1.807, 2.05) is 0 Å². The smallest absolute Gasteiger partial charge is 0.261 e. The number of ether oxygens (including phenoxy) is 5. The van der Waals surface area contributed by atoms with E-state index in [4.69, 9.17) is 23.7 Å². The van der Waals surface area contributed by atoms with Gasteiger partial charge in [-0.3, -0.25) is 9.59 Å². The van der Waals surface area contributed by atoms with Gasteiger partial charge < -0.3 is 28.6 Å². The number of nitrogens with zero attached hydrogens (tertiary/aromatic N) is 1. The molecule has 170 valence electrons. The fourth-order valence-corrected chi connectivity index (χ4v) is 4.47. The Morgan fingerprint density at radius 2 is 1.56 bits per heavy atom. The molecule has 32 heavy (non-hydrogen) atoms. The minimum atomic E-state index is -0.664. The van der Waals surface area contributed by atoms with Crippen LogP contribution < -0.4 is 23.7 Å². The molecule has 8 nitrogen and oxygen atoms in total. The summed E-state index contributed by atoms with van der Waals surface area (Å²) < 4.78 is 27.9. The minimum absolute atomic E-state index is 0.0306. The van der Waals surface area contributed by atoms with Gasteiger partial charge in [-0.2, -0.15) is 0 Å². The number of likely N-dealkylation sites (tertiary alicyclic amines) is 1. The fraction of sp³-hybridized carbons (Fsp3) is 0.417. The Bertz CT molecular complexity index is 1020. The average molecular weight is 441 g/mol. The van der Waals surface area contributed by atoms with Crippen molar-refractivity contribution in [2.45, 2.75) is 24.9 Å². The van der Waals surface area contributed by atoms with Crippen molar-refractivity contribution in [1.29, 1.82) is 0 Å². The summed E-state index contributed by atoms with van der Waals surface area (Å²) in [5, 5.41) is 0. The highest BCUT2D eigenvalue weighted by molar-refractivity contribution is 6.03. The maximum absolute atomic E-state index is 13.3. The second-order valence-corrected chi connectivity index (χ2v) is 7.92. The lowest BCUT2D eigenvalue weighted by molar-refractivity contribution is -0.00620. The predicted molar refractivity (Wildman–Crippen MR) is 117 cm³/mol. The third kappa shape index (κ3) is 3.70. The van der Waals surface area contributed by atoms with Crippen LogP contribution >= 0.6 is 0 Å². The lowest BCUT2D eigenvalue weighted by Crippen LogP contribution is -2.52. The number of carbonyl (C=O) groups is 2. The van der Waals surface area contributed by atoms with Crippen molar-refractivity contribution in [3.63, 3.8) is 0 Å². The van der Waals surface area contributed by atoms with Gasteiger partial charge in [0.1, 0.15) is 45.5 Å². The SMILES string of the molecule is COc1cc(OC)c2c(c1)OC1(CCN(C(=O)c3c(OC)cccc3OC)CC1)CC2=O. The first-order chi connectivity index (χ1) is 15.4. The second-order valence-electron chi connectivity index (χ2n) is 7.92. The lowest BCUT2D eigenvalue weighted by atomic mass is 9.82. The standard InChI is InChI=1S/C24H27NO7/c1-28-15-12-19(31-4)21-16(26)14-24(32-20(21)13-15)8-10-25(11-9-24)23(27)22-17(29-2)6-5-7-18(22)30-3/h5-7,12-13H,8-11,14H2,1-4H3. The van der Waals surface area contributed by atoms with Crippen LogP contribution in [0.15, 0.2) is 30.3 Å². The summed E-state index contributed by atoms with van der Waals surface area (Å²) in [6, 6.07) is 8.65. The topological polar surface area (TPSA) is 83.5 Å². The van der Waals surface area contributed by atoms with Crippen LogP contribution in [0, 0.1) is 0 Å². The molecule has 0 aliphatic carbocycles. The molecule has 0 radical (unpaired) electrons. The van der Waals surface area contributed by atoms with E-state index in [9.17, 15) is 9.59 Å². The minimum Gasteiger partial charge on any atom is -0.496 e. The van der Waals surface area contributed by atoms with Gasteiger partial charge in [-0.25, -0.2) is 0 Å². The molecule has 1 spiro atoms. The predicted octanol–water partition coefficient (Wildman–Crippen LogP) is 3.36. The Morgan fingerprint density at radius 3 is 2.12 bits per heavy atom. The van der Waals surface area contributed by atoms with Gasteiger partial charge in [-0.05, 0) is 12.1 Å². The normalized spacial score (nSPS) is 16.8. The maximum atomic E-state index is 13.3. The molecule has 2 heterocycles. The van der Waals surface area contributed by atoms with Gasteiger partial charge in [-0.15, -0.1) is 0 Å². The van der Waals surface area contributed by atoms with E-state index >= 15 is 0 Å². The molecule has 2 aromatic rings. The van der Waals surface area contributed by atoms with E-state index < -0.39 is 5.60 Å². The quantitative estimate of drug-likeness (QED) is 0.704. The zero-order chi connectivity index (χ0) is 22.9. The van der Waals surface area contributed by atoms with E-state index in [1.165, 1.54) is 21.3 Å². The Hall–Kier alpha value is -3.42. The Morgan fingerprint density at radius 1 is 0.938 bits per heavy atom. The number of benzene rings is 2. The summed E-state index contributed by atoms with van der Waals surface area (Å²) >= 11 is 0. The molecule has 0 N–H and O–H groups in total. The molecule has 2 aliphatic rings. The van der Waals surface area contributed by atoms with Crippen molar-refractivity contribution in [2.75, 3.05) is 41.5 Å².